The average molecular weight is 167 g/mol. The van der Waals surface area contributed by atoms with Crippen molar-refractivity contribution in [1.29, 1.82) is 0 Å². The molecule has 1 aromatic rings. The molecule has 0 saturated carbocycles. The number of H-pyrrole nitrogens is 1. The number of rotatable bonds is 4. The molecule has 66 valence electrons. The minimum atomic E-state index is 0.0250. The van der Waals surface area contributed by atoms with Crippen LogP contribution in [0.2, 0.25) is 0 Å². The van der Waals surface area contributed by atoms with E-state index in [4.69, 9.17) is 0 Å². The molecule has 4 nitrogen and oxygen atoms in total. The van der Waals surface area contributed by atoms with Crippen LogP contribution in [0.1, 0.15) is 19.0 Å². The predicted octanol–water partition coefficient (Wildman–Crippen LogP) is 0.478. The number of hydrogen-bond acceptors (Lipinski definition) is 2. The van der Waals surface area contributed by atoms with Gasteiger partial charge in [0.2, 0.25) is 5.91 Å². The maximum Gasteiger partial charge on any atom is 0.216 e. The van der Waals surface area contributed by atoms with Crippen molar-refractivity contribution in [3.8, 4) is 0 Å². The molecule has 0 aliphatic carbocycles. The van der Waals surface area contributed by atoms with Crippen molar-refractivity contribution in [2.45, 2.75) is 19.8 Å². The Morgan fingerprint density at radius 2 is 2.58 bits per heavy atom. The second-order valence-corrected chi connectivity index (χ2v) is 2.65. The molecule has 0 spiro atoms. The van der Waals surface area contributed by atoms with Crippen LogP contribution >= 0.6 is 0 Å². The van der Waals surface area contributed by atoms with Crippen molar-refractivity contribution in [2.24, 2.45) is 0 Å². The molecule has 1 aromatic heterocycles. The van der Waals surface area contributed by atoms with Gasteiger partial charge < -0.3 is 5.32 Å². The van der Waals surface area contributed by atoms with E-state index in [1.54, 1.807) is 6.20 Å². The van der Waals surface area contributed by atoms with Gasteiger partial charge in [-0.25, -0.2) is 0 Å². The zero-order valence-corrected chi connectivity index (χ0v) is 7.13. The molecule has 0 aromatic carbocycles. The second-order valence-electron chi connectivity index (χ2n) is 2.65. The summed E-state index contributed by atoms with van der Waals surface area (Å²) in [6, 6.07) is 1.94. The lowest BCUT2D eigenvalue weighted by atomic mass is 10.2. The molecule has 0 bridgehead atoms. The van der Waals surface area contributed by atoms with Gasteiger partial charge in [-0.1, -0.05) is 0 Å². The Balaban J connectivity index is 2.07. The fraction of sp³-hybridized carbons (Fsp3) is 0.500. The van der Waals surface area contributed by atoms with E-state index < -0.39 is 0 Å². The molecule has 1 heterocycles. The fourth-order valence-corrected chi connectivity index (χ4v) is 0.964. The maximum atomic E-state index is 10.5. The summed E-state index contributed by atoms with van der Waals surface area (Å²) in [5.41, 5.74) is 1.04. The van der Waals surface area contributed by atoms with Crippen LogP contribution in [-0.4, -0.2) is 22.6 Å². The van der Waals surface area contributed by atoms with Crippen LogP contribution in [-0.2, 0) is 11.2 Å². The number of aromatic amines is 1. The SMILES string of the molecule is CC(=O)NCCCc1cc[nH]n1. The number of aromatic nitrogens is 2. The highest BCUT2D eigenvalue weighted by atomic mass is 16.1. The number of carbonyl (C=O) groups is 1. The summed E-state index contributed by atoms with van der Waals surface area (Å²) in [7, 11) is 0. The van der Waals surface area contributed by atoms with Crippen molar-refractivity contribution in [3.05, 3.63) is 18.0 Å². The Bertz CT molecular complexity index is 230. The highest BCUT2D eigenvalue weighted by Gasteiger charge is 1.94. The van der Waals surface area contributed by atoms with Crippen LogP contribution < -0.4 is 5.32 Å². The quantitative estimate of drug-likeness (QED) is 0.641. The lowest BCUT2D eigenvalue weighted by Gasteiger charge is -1.98. The summed E-state index contributed by atoms with van der Waals surface area (Å²) >= 11 is 0. The van der Waals surface area contributed by atoms with Gasteiger partial charge in [0.25, 0.3) is 0 Å². The van der Waals surface area contributed by atoms with E-state index in [1.807, 2.05) is 6.07 Å². The zero-order valence-electron chi connectivity index (χ0n) is 7.13. The first kappa shape index (κ1) is 8.77. The third-order valence-electron chi connectivity index (χ3n) is 1.54. The molecular weight excluding hydrogens is 154 g/mol. The summed E-state index contributed by atoms with van der Waals surface area (Å²) in [5.74, 6) is 0.0250. The van der Waals surface area contributed by atoms with Gasteiger partial charge >= 0.3 is 0 Å². The third-order valence-corrected chi connectivity index (χ3v) is 1.54. The highest BCUT2D eigenvalue weighted by molar-refractivity contribution is 5.72. The number of nitrogens with one attached hydrogen (secondary N) is 2. The molecule has 0 atom stereocenters. The van der Waals surface area contributed by atoms with E-state index in [-0.39, 0.29) is 5.91 Å². The van der Waals surface area contributed by atoms with Gasteiger partial charge in [0.05, 0.1) is 5.69 Å². The van der Waals surface area contributed by atoms with Crippen LogP contribution in [0.25, 0.3) is 0 Å². The van der Waals surface area contributed by atoms with E-state index in [9.17, 15) is 4.79 Å². The van der Waals surface area contributed by atoms with E-state index in [1.165, 1.54) is 6.92 Å². The standard InChI is InChI=1S/C8H13N3O/c1-7(12)9-5-2-3-8-4-6-10-11-8/h4,6H,2-3,5H2,1H3,(H,9,12)(H,10,11). The summed E-state index contributed by atoms with van der Waals surface area (Å²) in [6.45, 7) is 2.25. The van der Waals surface area contributed by atoms with E-state index in [0.29, 0.717) is 0 Å². The summed E-state index contributed by atoms with van der Waals surface area (Å²) in [5, 5.41) is 9.47. The van der Waals surface area contributed by atoms with E-state index in [2.05, 4.69) is 15.5 Å². The lowest BCUT2D eigenvalue weighted by Crippen LogP contribution is -2.21. The number of carbonyl (C=O) groups excluding carboxylic acids is 1. The van der Waals surface area contributed by atoms with Crippen molar-refractivity contribution >= 4 is 5.91 Å². The first-order chi connectivity index (χ1) is 5.79. The lowest BCUT2D eigenvalue weighted by molar-refractivity contribution is -0.118. The molecule has 0 unspecified atom stereocenters. The molecule has 0 saturated heterocycles. The van der Waals surface area contributed by atoms with E-state index >= 15 is 0 Å². The van der Waals surface area contributed by atoms with Gasteiger partial charge in [0.15, 0.2) is 0 Å². The van der Waals surface area contributed by atoms with Crippen LogP contribution in [0, 0.1) is 0 Å². The minimum absolute atomic E-state index is 0.0250. The molecule has 0 aliphatic rings. The summed E-state index contributed by atoms with van der Waals surface area (Å²) in [6.07, 6.45) is 3.64. The fourth-order valence-electron chi connectivity index (χ4n) is 0.964. The van der Waals surface area contributed by atoms with Crippen LogP contribution in [0.15, 0.2) is 12.3 Å². The molecule has 1 rings (SSSR count). The van der Waals surface area contributed by atoms with Gasteiger partial charge in [-0.15, -0.1) is 0 Å². The Morgan fingerprint density at radius 3 is 3.17 bits per heavy atom. The van der Waals surface area contributed by atoms with Crippen LogP contribution in [0.5, 0.6) is 0 Å². The topological polar surface area (TPSA) is 57.8 Å². The van der Waals surface area contributed by atoms with Crippen LogP contribution in [0.3, 0.4) is 0 Å². The van der Waals surface area contributed by atoms with Crippen molar-refractivity contribution in [2.75, 3.05) is 6.54 Å². The molecule has 0 fully saturated rings. The predicted molar refractivity (Wildman–Crippen MR) is 45.6 cm³/mol. The number of nitrogens with zero attached hydrogens (tertiary/aromatic N) is 1. The van der Waals surface area contributed by atoms with Gasteiger partial charge in [0.1, 0.15) is 0 Å². The Hall–Kier alpha value is -1.32. The van der Waals surface area contributed by atoms with Crippen LogP contribution in [0.4, 0.5) is 0 Å². The zero-order chi connectivity index (χ0) is 8.81. The number of amides is 1. The Kier molecular flexibility index (Phi) is 3.32. The largest absolute Gasteiger partial charge is 0.356 e. The first-order valence-electron chi connectivity index (χ1n) is 4.02. The molecule has 0 aliphatic heterocycles. The third kappa shape index (κ3) is 3.18. The van der Waals surface area contributed by atoms with Gasteiger partial charge in [-0.05, 0) is 18.9 Å². The van der Waals surface area contributed by atoms with E-state index in [0.717, 1.165) is 25.1 Å². The van der Waals surface area contributed by atoms with Crippen molar-refractivity contribution in [1.82, 2.24) is 15.5 Å². The molecule has 12 heavy (non-hydrogen) atoms. The first-order valence-corrected chi connectivity index (χ1v) is 4.02. The number of aryl methyl sites for hydroxylation is 1. The molecule has 2 N–H and O–H groups in total. The van der Waals surface area contributed by atoms with Gasteiger partial charge in [-0.2, -0.15) is 5.10 Å². The number of hydrogen-bond donors (Lipinski definition) is 2. The second kappa shape index (κ2) is 4.54. The van der Waals surface area contributed by atoms with Crippen molar-refractivity contribution in [3.63, 3.8) is 0 Å². The Labute approximate surface area is 71.4 Å². The maximum absolute atomic E-state index is 10.5. The smallest absolute Gasteiger partial charge is 0.216 e. The van der Waals surface area contributed by atoms with Crippen molar-refractivity contribution < 1.29 is 4.79 Å². The molecule has 1 amide bonds. The normalized spacial score (nSPS) is 9.75. The van der Waals surface area contributed by atoms with Gasteiger partial charge in [-0.3, -0.25) is 9.89 Å². The average Bonchev–Trinajstić information content (AvgIpc) is 2.49. The molecule has 0 radical (unpaired) electrons. The molecular formula is C8H13N3O. The monoisotopic (exact) mass is 167 g/mol. The Morgan fingerprint density at radius 1 is 1.75 bits per heavy atom. The summed E-state index contributed by atoms with van der Waals surface area (Å²) in [4.78, 5) is 10.5. The minimum Gasteiger partial charge on any atom is -0.356 e. The highest BCUT2D eigenvalue weighted by Crippen LogP contribution is 1.95. The van der Waals surface area contributed by atoms with Gasteiger partial charge in [0, 0.05) is 19.7 Å². The summed E-state index contributed by atoms with van der Waals surface area (Å²) < 4.78 is 0. The molecule has 4 heteroatoms.